The SMILES string of the molecule is CCC1(CC(C)=O)COC1. The van der Waals surface area contributed by atoms with Crippen LogP contribution in [0.2, 0.25) is 0 Å². The summed E-state index contributed by atoms with van der Waals surface area (Å²) in [5, 5.41) is 0. The van der Waals surface area contributed by atoms with Crippen LogP contribution < -0.4 is 0 Å². The summed E-state index contributed by atoms with van der Waals surface area (Å²) in [6.07, 6.45) is 1.76. The lowest BCUT2D eigenvalue weighted by molar-refractivity contribution is -0.140. The van der Waals surface area contributed by atoms with Gasteiger partial charge in [-0.3, -0.25) is 0 Å². The van der Waals surface area contributed by atoms with Crippen LogP contribution in [0.5, 0.6) is 0 Å². The van der Waals surface area contributed by atoms with Crippen molar-refractivity contribution in [1.29, 1.82) is 0 Å². The zero-order valence-corrected chi connectivity index (χ0v) is 6.64. The molecule has 2 nitrogen and oxygen atoms in total. The van der Waals surface area contributed by atoms with Crippen LogP contribution in [0, 0.1) is 5.41 Å². The van der Waals surface area contributed by atoms with Gasteiger partial charge in [0.05, 0.1) is 13.2 Å². The summed E-state index contributed by atoms with van der Waals surface area (Å²) in [5.41, 5.74) is 0.214. The number of rotatable bonds is 3. The molecule has 1 saturated heterocycles. The molecule has 0 amide bonds. The second-order valence-corrected chi connectivity index (χ2v) is 3.23. The van der Waals surface area contributed by atoms with Crippen LogP contribution in [-0.2, 0) is 9.53 Å². The maximum Gasteiger partial charge on any atom is 0.130 e. The first-order valence-corrected chi connectivity index (χ1v) is 3.76. The van der Waals surface area contributed by atoms with E-state index in [1.165, 1.54) is 0 Å². The van der Waals surface area contributed by atoms with Crippen molar-refractivity contribution in [3.05, 3.63) is 0 Å². The molecule has 1 aliphatic heterocycles. The number of ether oxygens (including phenoxy) is 1. The normalized spacial score (nSPS) is 21.8. The minimum atomic E-state index is 0.214. The molecule has 0 aromatic heterocycles. The van der Waals surface area contributed by atoms with Gasteiger partial charge in [0, 0.05) is 11.8 Å². The maximum atomic E-state index is 10.8. The first-order chi connectivity index (χ1) is 4.68. The Bertz CT molecular complexity index is 131. The lowest BCUT2D eigenvalue weighted by atomic mass is 9.79. The summed E-state index contributed by atoms with van der Waals surface area (Å²) < 4.78 is 5.08. The van der Waals surface area contributed by atoms with E-state index in [4.69, 9.17) is 4.74 Å². The molecule has 0 bridgehead atoms. The number of carbonyl (C=O) groups excluding carboxylic acids is 1. The van der Waals surface area contributed by atoms with E-state index < -0.39 is 0 Å². The molecule has 0 aliphatic carbocycles. The van der Waals surface area contributed by atoms with Crippen LogP contribution in [0.4, 0.5) is 0 Å². The van der Waals surface area contributed by atoms with E-state index in [2.05, 4.69) is 6.92 Å². The molecule has 0 N–H and O–H groups in total. The Hall–Kier alpha value is -0.370. The molecule has 0 unspecified atom stereocenters. The quantitative estimate of drug-likeness (QED) is 0.595. The molecule has 1 fully saturated rings. The van der Waals surface area contributed by atoms with Crippen molar-refractivity contribution in [2.24, 2.45) is 5.41 Å². The molecule has 1 heterocycles. The largest absolute Gasteiger partial charge is 0.380 e. The molecule has 0 aromatic carbocycles. The second kappa shape index (κ2) is 2.70. The summed E-state index contributed by atoms with van der Waals surface area (Å²) >= 11 is 0. The van der Waals surface area contributed by atoms with E-state index in [0.29, 0.717) is 6.42 Å². The topological polar surface area (TPSA) is 26.3 Å². The zero-order valence-electron chi connectivity index (χ0n) is 6.64. The fraction of sp³-hybridized carbons (Fsp3) is 0.875. The Kier molecular flexibility index (Phi) is 2.09. The first-order valence-electron chi connectivity index (χ1n) is 3.76. The molecule has 58 valence electrons. The number of hydrogen-bond acceptors (Lipinski definition) is 2. The summed E-state index contributed by atoms with van der Waals surface area (Å²) in [7, 11) is 0. The van der Waals surface area contributed by atoms with Gasteiger partial charge in [-0.25, -0.2) is 0 Å². The van der Waals surface area contributed by atoms with E-state index in [9.17, 15) is 4.79 Å². The fourth-order valence-corrected chi connectivity index (χ4v) is 1.35. The Morgan fingerprint density at radius 3 is 2.30 bits per heavy atom. The van der Waals surface area contributed by atoms with Crippen LogP contribution in [0.1, 0.15) is 26.7 Å². The van der Waals surface area contributed by atoms with Gasteiger partial charge in [-0.1, -0.05) is 6.92 Å². The van der Waals surface area contributed by atoms with Crippen molar-refractivity contribution in [3.63, 3.8) is 0 Å². The van der Waals surface area contributed by atoms with Crippen LogP contribution >= 0.6 is 0 Å². The van der Waals surface area contributed by atoms with Gasteiger partial charge in [-0.05, 0) is 13.3 Å². The Labute approximate surface area is 61.6 Å². The van der Waals surface area contributed by atoms with Crippen molar-refractivity contribution >= 4 is 5.78 Å². The molecule has 0 radical (unpaired) electrons. The fourth-order valence-electron chi connectivity index (χ4n) is 1.35. The average Bonchev–Trinajstić information content (AvgIpc) is 1.78. The summed E-state index contributed by atoms with van der Waals surface area (Å²) in [6.45, 7) is 5.33. The van der Waals surface area contributed by atoms with Gasteiger partial charge in [-0.2, -0.15) is 0 Å². The lowest BCUT2D eigenvalue weighted by Crippen LogP contribution is -2.43. The van der Waals surface area contributed by atoms with Crippen molar-refractivity contribution in [1.82, 2.24) is 0 Å². The third kappa shape index (κ3) is 1.37. The standard InChI is InChI=1S/C8H14O2/c1-3-8(4-7(2)9)5-10-6-8/h3-6H2,1-2H3. The first kappa shape index (κ1) is 7.73. The summed E-state index contributed by atoms with van der Waals surface area (Å²) in [4.78, 5) is 10.8. The van der Waals surface area contributed by atoms with Gasteiger partial charge in [0.2, 0.25) is 0 Å². The Balaban J connectivity index is 2.40. The molecular formula is C8H14O2. The predicted molar refractivity (Wildman–Crippen MR) is 38.8 cm³/mol. The highest BCUT2D eigenvalue weighted by molar-refractivity contribution is 5.76. The van der Waals surface area contributed by atoms with E-state index in [-0.39, 0.29) is 11.2 Å². The number of ketones is 1. The van der Waals surface area contributed by atoms with Gasteiger partial charge < -0.3 is 9.53 Å². The van der Waals surface area contributed by atoms with Crippen LogP contribution in [0.25, 0.3) is 0 Å². The van der Waals surface area contributed by atoms with Gasteiger partial charge in [0.25, 0.3) is 0 Å². The van der Waals surface area contributed by atoms with Crippen LogP contribution in [-0.4, -0.2) is 19.0 Å². The molecule has 0 spiro atoms. The van der Waals surface area contributed by atoms with Crippen LogP contribution in [0.3, 0.4) is 0 Å². The third-order valence-electron chi connectivity index (χ3n) is 2.19. The molecule has 1 rings (SSSR count). The predicted octanol–water partition coefficient (Wildman–Crippen LogP) is 1.39. The smallest absolute Gasteiger partial charge is 0.130 e. The molecule has 2 heteroatoms. The molecule has 0 saturated carbocycles. The second-order valence-electron chi connectivity index (χ2n) is 3.23. The van der Waals surface area contributed by atoms with Crippen molar-refractivity contribution < 1.29 is 9.53 Å². The van der Waals surface area contributed by atoms with E-state index >= 15 is 0 Å². The minimum Gasteiger partial charge on any atom is -0.380 e. The zero-order chi connectivity index (χ0) is 7.61. The molecule has 0 aromatic rings. The summed E-state index contributed by atoms with van der Waals surface area (Å²) in [6, 6.07) is 0. The van der Waals surface area contributed by atoms with Crippen molar-refractivity contribution in [3.8, 4) is 0 Å². The molecule has 1 aliphatic rings. The minimum absolute atomic E-state index is 0.214. The van der Waals surface area contributed by atoms with Gasteiger partial charge in [-0.15, -0.1) is 0 Å². The Morgan fingerprint density at radius 1 is 1.60 bits per heavy atom. The number of hydrogen-bond donors (Lipinski definition) is 0. The maximum absolute atomic E-state index is 10.8. The average molecular weight is 142 g/mol. The highest BCUT2D eigenvalue weighted by Crippen LogP contribution is 2.34. The number of Topliss-reactive ketones (excluding diaryl/α,β-unsaturated/α-hetero) is 1. The molecular weight excluding hydrogens is 128 g/mol. The van der Waals surface area contributed by atoms with Crippen LogP contribution in [0.15, 0.2) is 0 Å². The highest BCUT2D eigenvalue weighted by atomic mass is 16.5. The van der Waals surface area contributed by atoms with E-state index in [1.54, 1.807) is 6.92 Å². The number of carbonyl (C=O) groups is 1. The van der Waals surface area contributed by atoms with Gasteiger partial charge in [0.1, 0.15) is 5.78 Å². The van der Waals surface area contributed by atoms with E-state index in [0.717, 1.165) is 19.6 Å². The van der Waals surface area contributed by atoms with Gasteiger partial charge >= 0.3 is 0 Å². The lowest BCUT2D eigenvalue weighted by Gasteiger charge is -2.40. The monoisotopic (exact) mass is 142 g/mol. The Morgan fingerprint density at radius 2 is 2.20 bits per heavy atom. The highest BCUT2D eigenvalue weighted by Gasteiger charge is 2.37. The molecule has 0 atom stereocenters. The van der Waals surface area contributed by atoms with Crippen molar-refractivity contribution in [2.45, 2.75) is 26.7 Å². The third-order valence-corrected chi connectivity index (χ3v) is 2.19. The van der Waals surface area contributed by atoms with Gasteiger partial charge in [0.15, 0.2) is 0 Å². The van der Waals surface area contributed by atoms with E-state index in [1.807, 2.05) is 0 Å². The molecule has 10 heavy (non-hydrogen) atoms. The van der Waals surface area contributed by atoms with Crippen molar-refractivity contribution in [2.75, 3.05) is 13.2 Å². The summed E-state index contributed by atoms with van der Waals surface area (Å²) in [5.74, 6) is 0.283.